The molecule has 0 aliphatic heterocycles. The third kappa shape index (κ3) is 7.94. The van der Waals surface area contributed by atoms with Gasteiger partial charge in [0.15, 0.2) is 5.82 Å². The fraction of sp³-hybridized carbons (Fsp3) is 0.286. The van der Waals surface area contributed by atoms with Gasteiger partial charge in [-0.3, -0.25) is 4.72 Å². The molecule has 3 aromatic rings. The number of nitriles is 2. The number of hydrogen-bond donors (Lipinski definition) is 1. The molecule has 0 fully saturated rings. The minimum atomic E-state index is -4.03. The predicted octanol–water partition coefficient (Wildman–Crippen LogP) is 5.51. The molecule has 10 nitrogen and oxygen atoms in total. The zero-order chi connectivity index (χ0) is 28.5. The second-order valence-corrected chi connectivity index (χ2v) is 11.0. The van der Waals surface area contributed by atoms with Gasteiger partial charge in [-0.25, -0.2) is 13.4 Å². The normalized spacial score (nSPS) is 11.0. The molecule has 0 radical (unpaired) electrons. The lowest BCUT2D eigenvalue weighted by Crippen LogP contribution is -2.16. The van der Waals surface area contributed by atoms with Crippen LogP contribution in [0.25, 0.3) is 0 Å². The van der Waals surface area contributed by atoms with Gasteiger partial charge >= 0.3 is 0 Å². The summed E-state index contributed by atoms with van der Waals surface area (Å²) >= 11 is 0. The van der Waals surface area contributed by atoms with E-state index in [9.17, 15) is 8.42 Å². The first-order valence-electron chi connectivity index (χ1n) is 12.0. The van der Waals surface area contributed by atoms with Crippen molar-refractivity contribution in [2.45, 2.75) is 43.9 Å². The lowest BCUT2D eigenvalue weighted by atomic mass is 9.87. The van der Waals surface area contributed by atoms with Crippen LogP contribution in [-0.2, 0) is 15.4 Å². The maximum atomic E-state index is 13.3. The number of sulfonamides is 1. The molecule has 202 valence electrons. The average molecular weight is 548 g/mol. The fourth-order valence-electron chi connectivity index (χ4n) is 3.34. The van der Waals surface area contributed by atoms with Gasteiger partial charge in [0.2, 0.25) is 5.75 Å². The first kappa shape index (κ1) is 29.0. The number of methoxy groups -OCH3 is 1. The Morgan fingerprint density at radius 3 is 2.38 bits per heavy atom. The number of nitrogens with one attached hydrogen (secondary N) is 1. The lowest BCUT2D eigenvalue weighted by molar-refractivity contribution is 0.285. The Labute approximate surface area is 228 Å². The molecule has 1 N–H and O–H groups in total. The van der Waals surface area contributed by atoms with E-state index in [4.69, 9.17) is 24.7 Å². The molecule has 0 unspecified atom stereocenters. The Balaban J connectivity index is 1.91. The molecule has 0 bridgehead atoms. The summed E-state index contributed by atoms with van der Waals surface area (Å²) in [5.74, 6) is 0.744. The van der Waals surface area contributed by atoms with Gasteiger partial charge in [0.05, 0.1) is 18.6 Å². The molecule has 0 atom stereocenters. The van der Waals surface area contributed by atoms with E-state index in [1.54, 1.807) is 48.5 Å². The van der Waals surface area contributed by atoms with Gasteiger partial charge in [0, 0.05) is 6.07 Å². The number of allylic oxidation sites excluding steroid dienone is 2. The van der Waals surface area contributed by atoms with Crippen molar-refractivity contribution in [2.75, 3.05) is 18.4 Å². The van der Waals surface area contributed by atoms with E-state index in [-0.39, 0.29) is 39.9 Å². The number of unbranched alkanes of at least 4 members (excludes halogenated alkanes) is 1. The average Bonchev–Trinajstić information content (AvgIpc) is 2.92. The molecule has 39 heavy (non-hydrogen) atoms. The van der Waals surface area contributed by atoms with Gasteiger partial charge in [-0.1, -0.05) is 45.0 Å². The van der Waals surface area contributed by atoms with Gasteiger partial charge in [-0.05, 0) is 48.1 Å². The van der Waals surface area contributed by atoms with E-state index in [1.165, 1.54) is 25.3 Å². The molecule has 0 amide bonds. The van der Waals surface area contributed by atoms with Crippen molar-refractivity contribution in [3.8, 4) is 35.3 Å². The zero-order valence-corrected chi connectivity index (χ0v) is 22.9. The van der Waals surface area contributed by atoms with E-state index in [1.807, 2.05) is 20.8 Å². The molecule has 2 aromatic carbocycles. The highest BCUT2D eigenvalue weighted by molar-refractivity contribution is 7.92. The van der Waals surface area contributed by atoms with Crippen LogP contribution in [0.1, 0.15) is 39.2 Å². The molecular formula is C28H29N5O5S. The predicted molar refractivity (Wildman–Crippen MR) is 145 cm³/mol. The van der Waals surface area contributed by atoms with Gasteiger partial charge in [0.25, 0.3) is 15.9 Å². The molecule has 11 heteroatoms. The SMILES string of the molecule is COc1cccc(Oc2c(NS(=O)(=O)c3ccc(C(C)(C)C)cc3)ncnc2OCCCC=C(C#N)C#N)c1. The Hall–Kier alpha value is -4.61. The summed E-state index contributed by atoms with van der Waals surface area (Å²) in [6, 6.07) is 17.0. The summed E-state index contributed by atoms with van der Waals surface area (Å²) in [6.45, 7) is 6.29. The minimum Gasteiger partial charge on any atom is -0.497 e. The molecule has 3 rings (SSSR count). The summed E-state index contributed by atoms with van der Waals surface area (Å²) in [7, 11) is -2.52. The van der Waals surface area contributed by atoms with Crippen molar-refractivity contribution in [1.82, 2.24) is 9.97 Å². The van der Waals surface area contributed by atoms with Gasteiger partial charge in [-0.2, -0.15) is 15.5 Å². The monoisotopic (exact) mass is 547 g/mol. The maximum Gasteiger partial charge on any atom is 0.263 e. The van der Waals surface area contributed by atoms with Crippen molar-refractivity contribution in [3.63, 3.8) is 0 Å². The van der Waals surface area contributed by atoms with Crippen molar-refractivity contribution >= 4 is 15.8 Å². The second kappa shape index (κ2) is 12.8. The van der Waals surface area contributed by atoms with E-state index >= 15 is 0 Å². The van der Waals surface area contributed by atoms with Crippen molar-refractivity contribution in [2.24, 2.45) is 0 Å². The summed E-state index contributed by atoms with van der Waals surface area (Å²) < 4.78 is 46.0. The quantitative estimate of drug-likeness (QED) is 0.242. The molecule has 0 aliphatic rings. The first-order chi connectivity index (χ1) is 18.6. The molecular weight excluding hydrogens is 518 g/mol. The van der Waals surface area contributed by atoms with E-state index in [0.717, 1.165) is 11.9 Å². The molecule has 0 aliphatic carbocycles. The molecule has 0 spiro atoms. The highest BCUT2D eigenvalue weighted by Crippen LogP contribution is 2.37. The first-order valence-corrected chi connectivity index (χ1v) is 13.5. The van der Waals surface area contributed by atoms with Crippen LogP contribution in [0.3, 0.4) is 0 Å². The van der Waals surface area contributed by atoms with Crippen LogP contribution in [0.15, 0.2) is 71.4 Å². The van der Waals surface area contributed by atoms with Crippen LogP contribution < -0.4 is 18.9 Å². The van der Waals surface area contributed by atoms with Gasteiger partial charge in [-0.15, -0.1) is 0 Å². The van der Waals surface area contributed by atoms with Crippen molar-refractivity contribution in [3.05, 3.63) is 72.1 Å². The van der Waals surface area contributed by atoms with Crippen LogP contribution in [-0.4, -0.2) is 32.1 Å². The summed E-state index contributed by atoms with van der Waals surface area (Å²) in [6.07, 6.45) is 3.58. The minimum absolute atomic E-state index is 0.0124. The molecule has 1 heterocycles. The van der Waals surface area contributed by atoms with Crippen molar-refractivity contribution < 1.29 is 22.6 Å². The number of hydrogen-bond acceptors (Lipinski definition) is 9. The maximum absolute atomic E-state index is 13.3. The van der Waals surface area contributed by atoms with Crippen LogP contribution in [0.2, 0.25) is 0 Å². The highest BCUT2D eigenvalue weighted by atomic mass is 32.2. The number of aromatic nitrogens is 2. The molecule has 0 saturated carbocycles. The number of benzene rings is 2. The Bertz CT molecular complexity index is 1500. The molecule has 0 saturated heterocycles. The summed E-state index contributed by atoms with van der Waals surface area (Å²) in [5.41, 5.74) is 0.881. The third-order valence-corrected chi connectivity index (χ3v) is 6.83. The van der Waals surface area contributed by atoms with E-state index in [0.29, 0.717) is 24.3 Å². The van der Waals surface area contributed by atoms with E-state index < -0.39 is 10.0 Å². The number of rotatable bonds is 11. The van der Waals surface area contributed by atoms with E-state index in [2.05, 4.69) is 14.7 Å². The van der Waals surface area contributed by atoms with Crippen LogP contribution in [0, 0.1) is 22.7 Å². The smallest absolute Gasteiger partial charge is 0.263 e. The summed E-state index contributed by atoms with van der Waals surface area (Å²) in [5, 5.41) is 17.7. The summed E-state index contributed by atoms with van der Waals surface area (Å²) in [4.78, 5) is 8.31. The Morgan fingerprint density at radius 2 is 1.74 bits per heavy atom. The van der Waals surface area contributed by atoms with Gasteiger partial charge in [0.1, 0.15) is 35.5 Å². The Kier molecular flexibility index (Phi) is 9.47. The van der Waals surface area contributed by atoms with Crippen LogP contribution in [0.4, 0.5) is 5.82 Å². The fourth-order valence-corrected chi connectivity index (χ4v) is 4.35. The largest absolute Gasteiger partial charge is 0.497 e. The number of nitrogens with zero attached hydrogens (tertiary/aromatic N) is 4. The standard InChI is InChI=1S/C28H29N5O5S/c1-28(2,3)21-11-13-24(14-12-21)39(34,35)33-26-25(38-23-10-7-9-22(16-23)36-4)27(32-19-31-26)37-15-6-5-8-20(17-29)18-30/h7-14,16,19H,5-6,15H2,1-4H3,(H,31,32,33). The third-order valence-electron chi connectivity index (χ3n) is 5.47. The zero-order valence-electron chi connectivity index (χ0n) is 22.1. The van der Waals surface area contributed by atoms with Gasteiger partial charge < -0.3 is 14.2 Å². The van der Waals surface area contributed by atoms with Crippen molar-refractivity contribution in [1.29, 1.82) is 10.5 Å². The lowest BCUT2D eigenvalue weighted by Gasteiger charge is -2.19. The molecule has 1 aromatic heterocycles. The topological polar surface area (TPSA) is 147 Å². The second-order valence-electron chi connectivity index (χ2n) is 9.35. The number of anilines is 1. The Morgan fingerprint density at radius 1 is 1.05 bits per heavy atom. The highest BCUT2D eigenvalue weighted by Gasteiger charge is 2.23. The van der Waals surface area contributed by atoms with Crippen LogP contribution >= 0.6 is 0 Å². The number of ether oxygens (including phenoxy) is 3. The van der Waals surface area contributed by atoms with Crippen LogP contribution in [0.5, 0.6) is 23.1 Å².